The first-order valence-electron chi connectivity index (χ1n) is 8.31. The zero-order valence-corrected chi connectivity index (χ0v) is 14.6. The van der Waals surface area contributed by atoms with Crippen molar-refractivity contribution in [2.75, 3.05) is 5.32 Å². The van der Waals surface area contributed by atoms with Crippen molar-refractivity contribution in [1.82, 2.24) is 4.98 Å². The van der Waals surface area contributed by atoms with Crippen molar-refractivity contribution >= 4 is 17.7 Å². The predicted octanol–water partition coefficient (Wildman–Crippen LogP) is 4.34. The number of hydrogen-bond donors (Lipinski definition) is 1. The van der Waals surface area contributed by atoms with Crippen LogP contribution in [0.15, 0.2) is 18.3 Å². The Kier molecular flexibility index (Phi) is 7.72. The Morgan fingerprint density at radius 3 is 2.52 bits per heavy atom. The molecule has 5 heteroatoms. The van der Waals surface area contributed by atoms with Crippen LogP contribution in [0.3, 0.4) is 0 Å². The molecule has 0 unspecified atom stereocenters. The fraction of sp³-hybridized carbons (Fsp3) is 0.611. The molecule has 0 aromatic carbocycles. The summed E-state index contributed by atoms with van der Waals surface area (Å²) in [6, 6.07) is 3.26. The minimum absolute atomic E-state index is 0.120. The minimum Gasteiger partial charge on any atom is -0.456 e. The lowest BCUT2D eigenvalue weighted by Gasteiger charge is -2.20. The highest BCUT2D eigenvalue weighted by atomic mass is 16.6. The summed E-state index contributed by atoms with van der Waals surface area (Å²) in [6.07, 6.45) is 7.40. The smallest absolute Gasteiger partial charge is 0.342 e. The Hall–Kier alpha value is -1.91. The molecule has 0 saturated carbocycles. The number of hydrogen-bond acceptors (Lipinski definition) is 4. The number of pyridine rings is 1. The van der Waals surface area contributed by atoms with Gasteiger partial charge in [0.25, 0.3) is 0 Å². The molecule has 1 aromatic rings. The Labute approximate surface area is 138 Å². The van der Waals surface area contributed by atoms with Crippen molar-refractivity contribution in [3.8, 4) is 0 Å². The van der Waals surface area contributed by atoms with Crippen LogP contribution in [0, 0.1) is 0 Å². The Balaban J connectivity index is 2.60. The van der Waals surface area contributed by atoms with E-state index in [4.69, 9.17) is 4.74 Å². The topological polar surface area (TPSA) is 68.3 Å². The van der Waals surface area contributed by atoms with E-state index in [0.717, 1.165) is 19.3 Å². The lowest BCUT2D eigenvalue weighted by atomic mass is 10.1. The second-order valence-electron chi connectivity index (χ2n) is 6.61. The van der Waals surface area contributed by atoms with E-state index in [0.29, 0.717) is 6.42 Å². The average molecular weight is 320 g/mol. The van der Waals surface area contributed by atoms with Crippen LogP contribution in [0.5, 0.6) is 0 Å². The number of anilines is 1. The molecular weight excluding hydrogens is 292 g/mol. The monoisotopic (exact) mass is 320 g/mol. The van der Waals surface area contributed by atoms with Crippen LogP contribution in [0.4, 0.5) is 5.82 Å². The Morgan fingerprint density at radius 2 is 1.87 bits per heavy atom. The number of esters is 1. The maximum Gasteiger partial charge on any atom is 0.342 e. The van der Waals surface area contributed by atoms with Crippen molar-refractivity contribution in [3.05, 3.63) is 23.9 Å². The molecule has 1 amide bonds. The lowest BCUT2D eigenvalue weighted by molar-refractivity contribution is -0.116. The number of carbonyl (C=O) groups excluding carboxylic acids is 2. The molecule has 0 spiro atoms. The van der Waals surface area contributed by atoms with Gasteiger partial charge in [-0.05, 0) is 39.3 Å². The summed E-state index contributed by atoms with van der Waals surface area (Å²) >= 11 is 0. The number of amides is 1. The quantitative estimate of drug-likeness (QED) is 0.571. The largest absolute Gasteiger partial charge is 0.456 e. The van der Waals surface area contributed by atoms with Crippen molar-refractivity contribution in [2.24, 2.45) is 0 Å². The fourth-order valence-corrected chi connectivity index (χ4v) is 2.09. The number of nitrogens with zero attached hydrogens (tertiary/aromatic N) is 1. The van der Waals surface area contributed by atoms with Crippen molar-refractivity contribution in [3.63, 3.8) is 0 Å². The summed E-state index contributed by atoms with van der Waals surface area (Å²) < 4.78 is 5.34. The highest BCUT2D eigenvalue weighted by Crippen LogP contribution is 2.18. The summed E-state index contributed by atoms with van der Waals surface area (Å²) in [4.78, 5) is 28.3. The normalized spacial score (nSPS) is 11.1. The number of rotatable bonds is 8. The lowest BCUT2D eigenvalue weighted by Crippen LogP contribution is -2.25. The zero-order chi connectivity index (χ0) is 17.3. The summed E-state index contributed by atoms with van der Waals surface area (Å²) in [5, 5.41) is 2.72. The predicted molar refractivity (Wildman–Crippen MR) is 91.4 cm³/mol. The second-order valence-corrected chi connectivity index (χ2v) is 6.61. The van der Waals surface area contributed by atoms with Crippen LogP contribution in [0.1, 0.15) is 76.6 Å². The molecule has 0 aliphatic rings. The van der Waals surface area contributed by atoms with Crippen LogP contribution in [0.25, 0.3) is 0 Å². The first-order valence-corrected chi connectivity index (χ1v) is 8.31. The van der Waals surface area contributed by atoms with Crippen molar-refractivity contribution in [1.29, 1.82) is 0 Å². The summed E-state index contributed by atoms with van der Waals surface area (Å²) in [7, 11) is 0. The molecule has 1 N–H and O–H groups in total. The van der Waals surface area contributed by atoms with E-state index >= 15 is 0 Å². The standard InChI is InChI=1S/C18H28N2O3/c1-5-6-7-8-9-12-15(21)20-16-14(11-10-13-19-16)17(22)23-18(2,3)4/h10-11,13H,5-9,12H2,1-4H3,(H,19,20,21). The second kappa shape index (κ2) is 9.28. The molecule has 0 aliphatic carbocycles. The van der Waals surface area contributed by atoms with E-state index in [1.165, 1.54) is 12.8 Å². The molecular formula is C18H28N2O3. The van der Waals surface area contributed by atoms with Gasteiger partial charge in [-0.2, -0.15) is 0 Å². The molecule has 0 bridgehead atoms. The van der Waals surface area contributed by atoms with Gasteiger partial charge in [0.1, 0.15) is 17.0 Å². The Morgan fingerprint density at radius 1 is 1.17 bits per heavy atom. The number of nitrogens with one attached hydrogen (secondary N) is 1. The van der Waals surface area contributed by atoms with E-state index in [1.54, 1.807) is 39.1 Å². The van der Waals surface area contributed by atoms with Crippen molar-refractivity contribution < 1.29 is 14.3 Å². The molecule has 0 atom stereocenters. The first-order chi connectivity index (χ1) is 10.8. The average Bonchev–Trinajstić information content (AvgIpc) is 2.45. The summed E-state index contributed by atoms with van der Waals surface area (Å²) in [5.74, 6) is -0.339. The maximum absolute atomic E-state index is 12.2. The van der Waals surface area contributed by atoms with E-state index < -0.39 is 11.6 Å². The van der Waals surface area contributed by atoms with Crippen molar-refractivity contribution in [2.45, 2.75) is 71.8 Å². The van der Waals surface area contributed by atoms with Gasteiger partial charge in [-0.15, -0.1) is 0 Å². The summed E-state index contributed by atoms with van der Waals surface area (Å²) in [6.45, 7) is 7.56. The fourth-order valence-electron chi connectivity index (χ4n) is 2.09. The molecule has 23 heavy (non-hydrogen) atoms. The molecule has 0 fully saturated rings. The van der Waals surface area contributed by atoms with Gasteiger partial charge in [0.15, 0.2) is 0 Å². The van der Waals surface area contributed by atoms with Gasteiger partial charge in [0.2, 0.25) is 5.91 Å². The van der Waals surface area contributed by atoms with Crippen LogP contribution in [-0.4, -0.2) is 22.5 Å². The molecule has 0 saturated heterocycles. The number of aromatic nitrogens is 1. The third-order valence-corrected chi connectivity index (χ3v) is 3.19. The molecule has 0 radical (unpaired) electrons. The molecule has 1 heterocycles. The van der Waals surface area contributed by atoms with Gasteiger partial charge in [-0.3, -0.25) is 4.79 Å². The third kappa shape index (κ3) is 7.77. The number of ether oxygens (including phenoxy) is 1. The van der Waals surface area contributed by atoms with Crippen LogP contribution in [-0.2, 0) is 9.53 Å². The SMILES string of the molecule is CCCCCCCC(=O)Nc1ncccc1C(=O)OC(C)(C)C. The molecule has 1 rings (SSSR count). The van der Waals surface area contributed by atoms with Gasteiger partial charge < -0.3 is 10.1 Å². The van der Waals surface area contributed by atoms with Crippen LogP contribution in [0.2, 0.25) is 0 Å². The molecule has 5 nitrogen and oxygen atoms in total. The maximum atomic E-state index is 12.2. The van der Waals surface area contributed by atoms with Gasteiger partial charge in [0, 0.05) is 12.6 Å². The van der Waals surface area contributed by atoms with Crippen LogP contribution >= 0.6 is 0 Å². The highest BCUT2D eigenvalue weighted by Gasteiger charge is 2.21. The van der Waals surface area contributed by atoms with Gasteiger partial charge in [-0.25, -0.2) is 9.78 Å². The Bertz CT molecular complexity index is 521. The van der Waals surface area contributed by atoms with E-state index in [9.17, 15) is 9.59 Å². The first kappa shape index (κ1) is 19.1. The van der Waals surface area contributed by atoms with Crippen LogP contribution < -0.4 is 5.32 Å². The summed E-state index contributed by atoms with van der Waals surface area (Å²) in [5.41, 5.74) is -0.310. The number of carbonyl (C=O) groups is 2. The molecule has 1 aromatic heterocycles. The minimum atomic E-state index is -0.590. The van der Waals surface area contributed by atoms with Gasteiger partial charge in [-0.1, -0.05) is 32.6 Å². The third-order valence-electron chi connectivity index (χ3n) is 3.19. The van der Waals surface area contributed by atoms with E-state index in [2.05, 4.69) is 17.2 Å². The molecule has 128 valence electrons. The van der Waals surface area contributed by atoms with Gasteiger partial charge >= 0.3 is 5.97 Å². The van der Waals surface area contributed by atoms with E-state index in [1.807, 2.05) is 0 Å². The zero-order valence-electron chi connectivity index (χ0n) is 14.6. The van der Waals surface area contributed by atoms with Gasteiger partial charge in [0.05, 0.1) is 0 Å². The molecule has 0 aliphatic heterocycles. The highest BCUT2D eigenvalue weighted by molar-refractivity contribution is 6.00. The van der Waals surface area contributed by atoms with E-state index in [-0.39, 0.29) is 17.3 Å². The number of unbranched alkanes of at least 4 members (excludes halogenated alkanes) is 4.